The van der Waals surface area contributed by atoms with Crippen molar-refractivity contribution in [2.24, 2.45) is 0 Å². The molecule has 1 N–H and O–H groups in total. The van der Waals surface area contributed by atoms with Gasteiger partial charge in [0, 0.05) is 22.7 Å². The molecule has 0 aliphatic rings. The lowest BCUT2D eigenvalue weighted by Crippen LogP contribution is -2.14. The number of thiazole rings is 1. The first-order valence-electron chi connectivity index (χ1n) is 6.70. The van der Waals surface area contributed by atoms with Gasteiger partial charge >= 0.3 is 0 Å². The number of ether oxygens (including phenoxy) is 1. The van der Waals surface area contributed by atoms with Gasteiger partial charge < -0.3 is 4.74 Å². The first-order valence-corrected chi connectivity index (χ1v) is 9.82. The summed E-state index contributed by atoms with van der Waals surface area (Å²) in [5, 5.41) is 2.16. The Morgan fingerprint density at radius 3 is 2.52 bits per heavy atom. The maximum atomic E-state index is 14.3. The topological polar surface area (TPSA) is 68.3 Å². The molecule has 0 radical (unpaired) electrons. The van der Waals surface area contributed by atoms with Crippen LogP contribution in [0.1, 0.15) is 0 Å². The van der Waals surface area contributed by atoms with E-state index in [9.17, 15) is 12.8 Å². The van der Waals surface area contributed by atoms with E-state index in [1.165, 1.54) is 6.20 Å². The molecule has 3 rings (SSSR count). The smallest absolute Gasteiger partial charge is 0.266 e. The third kappa shape index (κ3) is 4.21. The number of nitrogens with one attached hydrogen (secondary N) is 1. The quantitative estimate of drug-likeness (QED) is 0.619. The van der Waals surface area contributed by atoms with Crippen LogP contribution in [0.2, 0.25) is 10.0 Å². The predicted molar refractivity (Wildman–Crippen MR) is 95.9 cm³/mol. The van der Waals surface area contributed by atoms with Gasteiger partial charge in [0.1, 0.15) is 22.2 Å². The number of hydrogen-bond donors (Lipinski definition) is 1. The average Bonchev–Trinajstić information content (AvgIpc) is 3.04. The molecule has 1 heterocycles. The van der Waals surface area contributed by atoms with E-state index in [0.29, 0.717) is 10.8 Å². The standard InChI is InChI=1S/C15H9Cl2FN2O3S2/c16-9-1-3-10(4-2-9)23-13-8-12(18)14(7-11(13)17)25(21,22)20-15-19-5-6-24-15/h1-8H,(H,19,20). The second kappa shape index (κ2) is 7.17. The Labute approximate surface area is 157 Å². The van der Waals surface area contributed by atoms with Gasteiger partial charge in [-0.3, -0.25) is 4.72 Å². The Hall–Kier alpha value is -1.87. The Balaban J connectivity index is 1.90. The molecular weight excluding hydrogens is 410 g/mol. The van der Waals surface area contributed by atoms with Crippen molar-refractivity contribution in [1.29, 1.82) is 0 Å². The van der Waals surface area contributed by atoms with E-state index < -0.39 is 20.7 Å². The van der Waals surface area contributed by atoms with Gasteiger partial charge in [0.05, 0.1) is 5.02 Å². The third-order valence-corrected chi connectivity index (χ3v) is 5.69. The highest BCUT2D eigenvalue weighted by Crippen LogP contribution is 2.34. The van der Waals surface area contributed by atoms with Gasteiger partial charge in [-0.1, -0.05) is 23.2 Å². The Morgan fingerprint density at radius 1 is 1.16 bits per heavy atom. The fourth-order valence-electron chi connectivity index (χ4n) is 1.87. The van der Waals surface area contributed by atoms with Crippen LogP contribution in [-0.2, 0) is 10.0 Å². The summed E-state index contributed by atoms with van der Waals surface area (Å²) in [6, 6.07) is 8.23. The molecule has 2 aromatic carbocycles. The molecule has 0 spiro atoms. The second-order valence-corrected chi connectivity index (χ2v) is 8.10. The van der Waals surface area contributed by atoms with Crippen molar-refractivity contribution in [3.8, 4) is 11.5 Å². The van der Waals surface area contributed by atoms with Crippen molar-refractivity contribution >= 4 is 49.7 Å². The van der Waals surface area contributed by atoms with Gasteiger partial charge in [-0.25, -0.2) is 17.8 Å². The monoisotopic (exact) mass is 418 g/mol. The normalized spacial score (nSPS) is 11.3. The van der Waals surface area contributed by atoms with Gasteiger partial charge in [0.15, 0.2) is 5.13 Å². The number of hydrogen-bond acceptors (Lipinski definition) is 5. The molecule has 0 unspecified atom stereocenters. The SMILES string of the molecule is O=S(=O)(Nc1nccs1)c1cc(Cl)c(Oc2ccc(Cl)cc2)cc1F. The van der Waals surface area contributed by atoms with Crippen molar-refractivity contribution < 1.29 is 17.5 Å². The van der Waals surface area contributed by atoms with E-state index in [0.717, 1.165) is 23.5 Å². The number of halogens is 3. The lowest BCUT2D eigenvalue weighted by atomic mass is 10.3. The molecule has 0 bridgehead atoms. The molecule has 1 aromatic heterocycles. The molecule has 0 atom stereocenters. The van der Waals surface area contributed by atoms with Crippen molar-refractivity contribution in [1.82, 2.24) is 4.98 Å². The van der Waals surface area contributed by atoms with E-state index in [1.807, 2.05) is 0 Å². The number of benzene rings is 2. The lowest BCUT2D eigenvalue weighted by molar-refractivity contribution is 0.474. The van der Waals surface area contributed by atoms with E-state index >= 15 is 0 Å². The molecule has 0 amide bonds. The number of aromatic nitrogens is 1. The summed E-state index contributed by atoms with van der Waals surface area (Å²) in [5.41, 5.74) is 0. The minimum Gasteiger partial charge on any atom is -0.456 e. The van der Waals surface area contributed by atoms with Crippen LogP contribution in [0.4, 0.5) is 9.52 Å². The third-order valence-electron chi connectivity index (χ3n) is 2.97. The second-order valence-electron chi connectivity index (χ2n) is 4.71. The Kier molecular flexibility index (Phi) is 5.14. The Morgan fingerprint density at radius 2 is 1.88 bits per heavy atom. The largest absolute Gasteiger partial charge is 0.456 e. The molecule has 0 fully saturated rings. The zero-order chi connectivity index (χ0) is 18.0. The maximum Gasteiger partial charge on any atom is 0.266 e. The molecule has 0 saturated heterocycles. The Bertz CT molecular complexity index is 994. The minimum atomic E-state index is -4.17. The van der Waals surface area contributed by atoms with Crippen LogP contribution in [0.25, 0.3) is 0 Å². The van der Waals surface area contributed by atoms with E-state index in [4.69, 9.17) is 27.9 Å². The molecule has 130 valence electrons. The summed E-state index contributed by atoms with van der Waals surface area (Å²) in [4.78, 5) is 3.20. The van der Waals surface area contributed by atoms with Crippen molar-refractivity contribution in [2.45, 2.75) is 4.90 Å². The van der Waals surface area contributed by atoms with Gasteiger partial charge in [-0.15, -0.1) is 11.3 Å². The number of rotatable bonds is 5. The molecule has 0 aliphatic carbocycles. The fourth-order valence-corrected chi connectivity index (χ4v) is 4.14. The van der Waals surface area contributed by atoms with Crippen LogP contribution >= 0.6 is 34.5 Å². The zero-order valence-electron chi connectivity index (χ0n) is 12.2. The first-order chi connectivity index (χ1) is 11.8. The highest BCUT2D eigenvalue weighted by atomic mass is 35.5. The van der Waals surface area contributed by atoms with E-state index in [2.05, 4.69) is 9.71 Å². The molecular formula is C15H9Cl2FN2O3S2. The van der Waals surface area contributed by atoms with Gasteiger partial charge in [0.2, 0.25) is 0 Å². The molecule has 0 aliphatic heterocycles. The number of nitrogens with zero attached hydrogens (tertiary/aromatic N) is 1. The zero-order valence-corrected chi connectivity index (χ0v) is 15.4. The van der Waals surface area contributed by atoms with Crippen molar-refractivity contribution in [3.05, 3.63) is 63.8 Å². The summed E-state index contributed by atoms with van der Waals surface area (Å²) in [5.74, 6) is -0.644. The molecule has 3 aromatic rings. The van der Waals surface area contributed by atoms with Crippen LogP contribution < -0.4 is 9.46 Å². The van der Waals surface area contributed by atoms with Crippen molar-refractivity contribution in [2.75, 3.05) is 4.72 Å². The summed E-state index contributed by atoms with van der Waals surface area (Å²) < 4.78 is 46.5. The summed E-state index contributed by atoms with van der Waals surface area (Å²) >= 11 is 12.9. The molecule has 5 nitrogen and oxygen atoms in total. The summed E-state index contributed by atoms with van der Waals surface area (Å²) in [7, 11) is -4.17. The molecule has 10 heteroatoms. The van der Waals surface area contributed by atoms with Crippen molar-refractivity contribution in [3.63, 3.8) is 0 Å². The van der Waals surface area contributed by atoms with Crippen LogP contribution in [-0.4, -0.2) is 13.4 Å². The maximum absolute atomic E-state index is 14.3. The van der Waals surface area contributed by atoms with Crippen LogP contribution in [0.15, 0.2) is 52.9 Å². The average molecular weight is 419 g/mol. The van der Waals surface area contributed by atoms with Gasteiger partial charge in [0.25, 0.3) is 10.0 Å². The van der Waals surface area contributed by atoms with E-state index in [1.54, 1.807) is 29.6 Å². The van der Waals surface area contributed by atoms with Gasteiger partial charge in [-0.05, 0) is 30.3 Å². The number of anilines is 1. The minimum absolute atomic E-state index is 0.0188. The molecule has 0 saturated carbocycles. The summed E-state index contributed by atoms with van der Waals surface area (Å²) in [6.07, 6.45) is 1.43. The predicted octanol–water partition coefficient (Wildman–Crippen LogP) is 5.18. The van der Waals surface area contributed by atoms with E-state index in [-0.39, 0.29) is 15.9 Å². The summed E-state index contributed by atoms with van der Waals surface area (Å²) in [6.45, 7) is 0. The fraction of sp³-hybridized carbons (Fsp3) is 0. The first kappa shape index (κ1) is 17.9. The van der Waals surface area contributed by atoms with Crippen LogP contribution in [0, 0.1) is 5.82 Å². The molecule has 25 heavy (non-hydrogen) atoms. The van der Waals surface area contributed by atoms with Gasteiger partial charge in [-0.2, -0.15) is 0 Å². The highest BCUT2D eigenvalue weighted by molar-refractivity contribution is 7.93. The van der Waals surface area contributed by atoms with Crippen LogP contribution in [0.3, 0.4) is 0 Å². The number of sulfonamides is 1. The van der Waals surface area contributed by atoms with Crippen LogP contribution in [0.5, 0.6) is 11.5 Å². The highest BCUT2D eigenvalue weighted by Gasteiger charge is 2.23. The lowest BCUT2D eigenvalue weighted by Gasteiger charge is -2.11.